The topological polar surface area (TPSA) is 0 Å². The molecule has 48 valence electrons. The van der Waals surface area contributed by atoms with Gasteiger partial charge in [0.1, 0.15) is 0 Å². The van der Waals surface area contributed by atoms with E-state index in [4.69, 9.17) is 23.2 Å². The molecule has 0 aromatic carbocycles. The van der Waals surface area contributed by atoms with Crippen molar-refractivity contribution in [2.75, 3.05) is 10.7 Å². The van der Waals surface area contributed by atoms with Gasteiger partial charge in [0.15, 0.2) is 0 Å². The van der Waals surface area contributed by atoms with Crippen molar-refractivity contribution in [2.45, 2.75) is 0 Å². The van der Waals surface area contributed by atoms with Gasteiger partial charge < -0.3 is 0 Å². The van der Waals surface area contributed by atoms with Crippen LogP contribution in [-0.2, 0) is 0 Å². The van der Waals surface area contributed by atoms with Crippen LogP contribution in [0, 0.1) is 0 Å². The quantitative estimate of drug-likeness (QED) is 0.681. The van der Waals surface area contributed by atoms with E-state index in [1.165, 1.54) is 0 Å². The van der Waals surface area contributed by atoms with Crippen LogP contribution in [-0.4, -0.2) is 10.7 Å². The van der Waals surface area contributed by atoms with Gasteiger partial charge in [0.2, 0.25) is 0 Å². The summed E-state index contributed by atoms with van der Waals surface area (Å²) in [5, 5.41) is 2.56. The van der Waals surface area contributed by atoms with Gasteiger partial charge in [-0.25, -0.2) is 0 Å². The van der Waals surface area contributed by atoms with E-state index >= 15 is 0 Å². The summed E-state index contributed by atoms with van der Waals surface area (Å²) >= 11 is 17.5. The fraction of sp³-hybridized carbons (Fsp3) is 0.500. The fourth-order valence-corrected chi connectivity index (χ4v) is 1.28. The first-order valence-electron chi connectivity index (χ1n) is 1.87. The van der Waals surface area contributed by atoms with E-state index in [1.54, 1.807) is 0 Å². The molecule has 0 rings (SSSR count). The number of allylic oxidation sites excluding steroid dienone is 2. The minimum Gasteiger partial charge on any atom is -0.0869 e. The van der Waals surface area contributed by atoms with Crippen molar-refractivity contribution >= 4 is 55.1 Å². The molecule has 0 N–H and O–H groups in total. The molecule has 0 radical (unpaired) electrons. The summed E-state index contributed by atoms with van der Waals surface area (Å²) < 4.78 is 0. The summed E-state index contributed by atoms with van der Waals surface area (Å²) in [5.41, 5.74) is 0. The van der Waals surface area contributed by atoms with E-state index < -0.39 is 0 Å². The number of rotatable bonds is 2. The second kappa shape index (κ2) is 5.10. The van der Waals surface area contributed by atoms with E-state index in [0.717, 1.165) is 0 Å². The van der Waals surface area contributed by atoms with Crippen LogP contribution in [0.5, 0.6) is 0 Å². The Bertz CT molecular complexity index is 88.2. The minimum absolute atomic E-state index is 0.624. The largest absolute Gasteiger partial charge is 0.0869 e. The van der Waals surface area contributed by atoms with Gasteiger partial charge in [-0.2, -0.15) is 0 Å². The molecule has 0 bridgehead atoms. The molecule has 8 heavy (non-hydrogen) atoms. The van der Waals surface area contributed by atoms with Gasteiger partial charge in [-0.15, -0.1) is 0 Å². The maximum Gasteiger partial charge on any atom is 0.0440 e. The normalized spacial score (nSPS) is 13.5. The zero-order valence-electron chi connectivity index (χ0n) is 3.93. The Labute approximate surface area is 75.5 Å². The predicted molar refractivity (Wildman–Crippen MR) is 46.3 cm³/mol. The van der Waals surface area contributed by atoms with Crippen molar-refractivity contribution in [2.24, 2.45) is 0 Å². The lowest BCUT2D eigenvalue weighted by Crippen LogP contribution is -1.79. The molecule has 0 aliphatic heterocycles. The van der Waals surface area contributed by atoms with E-state index in [0.29, 0.717) is 20.7 Å². The smallest absolute Gasteiger partial charge is 0.0440 e. The standard InChI is InChI=1S/C4H4Br2Cl2/c5-1-3(7)4(8)2-6/h1-2H2/b4-3+. The average Bonchev–Trinajstić information content (AvgIpc) is 1.84. The van der Waals surface area contributed by atoms with E-state index in [-0.39, 0.29) is 0 Å². The summed E-state index contributed by atoms with van der Waals surface area (Å²) in [4.78, 5) is 0. The molecule has 0 aliphatic carbocycles. The molecule has 0 saturated heterocycles. The van der Waals surface area contributed by atoms with Gasteiger partial charge in [0.05, 0.1) is 0 Å². The van der Waals surface area contributed by atoms with Crippen molar-refractivity contribution < 1.29 is 0 Å². The van der Waals surface area contributed by atoms with Crippen LogP contribution in [0.2, 0.25) is 0 Å². The third kappa shape index (κ3) is 3.33. The molecule has 0 amide bonds. The van der Waals surface area contributed by atoms with Crippen LogP contribution in [0.4, 0.5) is 0 Å². The molecule has 0 fully saturated rings. The summed E-state index contributed by atoms with van der Waals surface area (Å²) in [6, 6.07) is 0. The molecule has 0 aromatic heterocycles. The van der Waals surface area contributed by atoms with Crippen LogP contribution in [0.15, 0.2) is 10.1 Å². The maximum absolute atomic E-state index is 5.59. The summed E-state index contributed by atoms with van der Waals surface area (Å²) in [5.74, 6) is 0. The van der Waals surface area contributed by atoms with Gasteiger partial charge in [-0.1, -0.05) is 55.1 Å². The highest BCUT2D eigenvalue weighted by molar-refractivity contribution is 9.09. The van der Waals surface area contributed by atoms with E-state index in [9.17, 15) is 0 Å². The van der Waals surface area contributed by atoms with Crippen LogP contribution < -0.4 is 0 Å². The number of halogens is 4. The van der Waals surface area contributed by atoms with Crippen molar-refractivity contribution in [3.05, 3.63) is 10.1 Å². The molecule has 0 atom stereocenters. The zero-order valence-corrected chi connectivity index (χ0v) is 8.61. The third-order valence-corrected chi connectivity index (χ3v) is 3.12. The van der Waals surface area contributed by atoms with Crippen molar-refractivity contribution in [1.29, 1.82) is 0 Å². The zero-order chi connectivity index (χ0) is 6.57. The van der Waals surface area contributed by atoms with E-state index in [2.05, 4.69) is 31.9 Å². The monoisotopic (exact) mass is 280 g/mol. The van der Waals surface area contributed by atoms with Gasteiger partial charge in [-0.3, -0.25) is 0 Å². The highest BCUT2D eigenvalue weighted by Gasteiger charge is 1.95. The van der Waals surface area contributed by atoms with Crippen molar-refractivity contribution in [3.8, 4) is 0 Å². The first-order chi connectivity index (χ1) is 3.72. The van der Waals surface area contributed by atoms with Crippen LogP contribution in [0.25, 0.3) is 0 Å². The van der Waals surface area contributed by atoms with Crippen molar-refractivity contribution in [3.63, 3.8) is 0 Å². The highest BCUT2D eigenvalue weighted by atomic mass is 79.9. The second-order valence-corrected chi connectivity index (χ2v) is 3.11. The minimum atomic E-state index is 0.624. The first-order valence-corrected chi connectivity index (χ1v) is 4.87. The Hall–Kier alpha value is 1.28. The highest BCUT2D eigenvalue weighted by Crippen LogP contribution is 2.17. The Morgan fingerprint density at radius 3 is 1.38 bits per heavy atom. The predicted octanol–water partition coefficient (Wildman–Crippen LogP) is 3.47. The molecule has 4 heteroatoms. The molecule has 0 saturated carbocycles. The Kier molecular flexibility index (Phi) is 5.91. The van der Waals surface area contributed by atoms with Crippen LogP contribution >= 0.6 is 55.1 Å². The van der Waals surface area contributed by atoms with E-state index in [1.807, 2.05) is 0 Å². The summed E-state index contributed by atoms with van der Waals surface area (Å²) in [6.07, 6.45) is 0. The third-order valence-electron chi connectivity index (χ3n) is 0.529. The molecular weight excluding hydrogens is 279 g/mol. The van der Waals surface area contributed by atoms with Crippen LogP contribution in [0.3, 0.4) is 0 Å². The molecule has 0 aliphatic rings. The Morgan fingerprint density at radius 1 is 1.00 bits per heavy atom. The van der Waals surface area contributed by atoms with Gasteiger partial charge in [-0.05, 0) is 0 Å². The van der Waals surface area contributed by atoms with Gasteiger partial charge in [0, 0.05) is 20.7 Å². The molecule has 0 aromatic rings. The van der Waals surface area contributed by atoms with Crippen LogP contribution in [0.1, 0.15) is 0 Å². The maximum atomic E-state index is 5.59. The lowest BCUT2D eigenvalue weighted by molar-refractivity contribution is 1.59. The Balaban J connectivity index is 3.83. The SMILES string of the molecule is Cl/C(CBr)=C(/Cl)CBr. The fourth-order valence-electron chi connectivity index (χ4n) is 0.145. The molecule has 0 spiro atoms. The average molecular weight is 283 g/mol. The number of hydrogen-bond acceptors (Lipinski definition) is 0. The number of alkyl halides is 2. The van der Waals surface area contributed by atoms with Gasteiger partial charge >= 0.3 is 0 Å². The van der Waals surface area contributed by atoms with Crippen molar-refractivity contribution in [1.82, 2.24) is 0 Å². The number of hydrogen-bond donors (Lipinski definition) is 0. The second-order valence-electron chi connectivity index (χ2n) is 1.08. The molecular formula is C4H4Br2Cl2. The Morgan fingerprint density at radius 2 is 1.25 bits per heavy atom. The molecule has 0 unspecified atom stereocenters. The molecule has 0 heterocycles. The molecule has 0 nitrogen and oxygen atoms in total. The lowest BCUT2D eigenvalue weighted by atomic mass is 10.6. The lowest BCUT2D eigenvalue weighted by Gasteiger charge is -1.92. The van der Waals surface area contributed by atoms with Gasteiger partial charge in [0.25, 0.3) is 0 Å². The summed E-state index contributed by atoms with van der Waals surface area (Å²) in [7, 11) is 0. The summed E-state index contributed by atoms with van der Waals surface area (Å²) in [6.45, 7) is 0. The first kappa shape index (κ1) is 9.28.